The number of anilines is 1. The van der Waals surface area contributed by atoms with Crippen molar-refractivity contribution in [3.8, 4) is 17.1 Å². The summed E-state index contributed by atoms with van der Waals surface area (Å²) >= 11 is 6.26. The highest BCUT2D eigenvalue weighted by Gasteiger charge is 2.34. The second-order valence-electron chi connectivity index (χ2n) is 9.19. The van der Waals surface area contributed by atoms with Crippen LogP contribution in [0.15, 0.2) is 48.7 Å². The van der Waals surface area contributed by atoms with Crippen LogP contribution in [0.4, 0.5) is 5.69 Å². The molecule has 2 aliphatic rings. The maximum atomic E-state index is 13.0. The van der Waals surface area contributed by atoms with Crippen molar-refractivity contribution in [3.05, 3.63) is 59.4 Å². The van der Waals surface area contributed by atoms with Crippen molar-refractivity contribution >= 4 is 35.0 Å². The van der Waals surface area contributed by atoms with Gasteiger partial charge in [-0.05, 0) is 31.0 Å². The standard InChI is InChI=1S/C26H27ClN6O4/c1-37-23-12-19(20(27)14-28-23)21-13-22(31-30-21)26(36)32-9-7-16(8-10-32)25(35)29-17-11-24(34)33(15-17)18-5-3-2-4-6-18/h2-6,12-14,16-17H,7-11,15H2,1H3,(H,29,35)(H,30,31). The van der Waals surface area contributed by atoms with Crippen molar-refractivity contribution in [1.82, 2.24) is 25.4 Å². The minimum absolute atomic E-state index is 0.00165. The molecule has 0 radical (unpaired) electrons. The third-order valence-corrected chi connectivity index (χ3v) is 7.12. The highest BCUT2D eigenvalue weighted by molar-refractivity contribution is 6.33. The summed E-state index contributed by atoms with van der Waals surface area (Å²) in [5.74, 6) is -0.0805. The normalized spacial score (nSPS) is 18.2. The van der Waals surface area contributed by atoms with Crippen LogP contribution >= 0.6 is 11.6 Å². The lowest BCUT2D eigenvalue weighted by atomic mass is 9.95. The van der Waals surface area contributed by atoms with Gasteiger partial charge in [0.25, 0.3) is 5.91 Å². The predicted molar refractivity (Wildman–Crippen MR) is 137 cm³/mol. The number of aromatic nitrogens is 3. The summed E-state index contributed by atoms with van der Waals surface area (Å²) in [4.78, 5) is 45.9. The van der Waals surface area contributed by atoms with Crippen LogP contribution in [0.25, 0.3) is 11.3 Å². The van der Waals surface area contributed by atoms with E-state index in [1.807, 2.05) is 30.3 Å². The number of H-pyrrole nitrogens is 1. The molecule has 10 nitrogen and oxygen atoms in total. The molecule has 2 fully saturated rings. The number of ether oxygens (including phenoxy) is 1. The molecule has 1 atom stereocenters. The number of carbonyl (C=O) groups excluding carboxylic acids is 3. The van der Waals surface area contributed by atoms with Gasteiger partial charge in [0.05, 0.1) is 30.1 Å². The fourth-order valence-electron chi connectivity index (χ4n) is 4.79. The number of piperidine rings is 1. The summed E-state index contributed by atoms with van der Waals surface area (Å²) in [6.45, 7) is 1.35. The number of rotatable bonds is 6. The van der Waals surface area contributed by atoms with Gasteiger partial charge in [-0.25, -0.2) is 4.98 Å². The van der Waals surface area contributed by atoms with E-state index in [2.05, 4.69) is 20.5 Å². The number of halogens is 1. The van der Waals surface area contributed by atoms with Crippen LogP contribution < -0.4 is 15.0 Å². The Morgan fingerprint density at radius 2 is 1.92 bits per heavy atom. The Morgan fingerprint density at radius 3 is 2.65 bits per heavy atom. The van der Waals surface area contributed by atoms with Gasteiger partial charge in [-0.2, -0.15) is 5.10 Å². The van der Waals surface area contributed by atoms with Gasteiger partial charge in [-0.3, -0.25) is 19.5 Å². The van der Waals surface area contributed by atoms with E-state index < -0.39 is 0 Å². The largest absolute Gasteiger partial charge is 0.481 e. The summed E-state index contributed by atoms with van der Waals surface area (Å²) in [5, 5.41) is 10.5. The highest BCUT2D eigenvalue weighted by atomic mass is 35.5. The molecule has 2 saturated heterocycles. The predicted octanol–water partition coefficient (Wildman–Crippen LogP) is 2.91. The molecule has 0 aliphatic carbocycles. The van der Waals surface area contributed by atoms with E-state index in [-0.39, 0.29) is 41.8 Å². The Hall–Kier alpha value is -3.92. The molecule has 0 saturated carbocycles. The molecule has 11 heteroatoms. The maximum absolute atomic E-state index is 13.0. The van der Waals surface area contributed by atoms with E-state index in [0.717, 1.165) is 5.69 Å². The molecule has 0 bridgehead atoms. The minimum atomic E-state index is -0.221. The van der Waals surface area contributed by atoms with E-state index in [9.17, 15) is 14.4 Å². The summed E-state index contributed by atoms with van der Waals surface area (Å²) in [6.07, 6.45) is 2.86. The second kappa shape index (κ2) is 10.6. The number of nitrogens with zero attached hydrogens (tertiary/aromatic N) is 4. The maximum Gasteiger partial charge on any atom is 0.274 e. The first-order chi connectivity index (χ1) is 17.9. The van der Waals surface area contributed by atoms with Gasteiger partial charge >= 0.3 is 0 Å². The number of nitrogens with one attached hydrogen (secondary N) is 2. The second-order valence-corrected chi connectivity index (χ2v) is 9.60. The van der Waals surface area contributed by atoms with Crippen molar-refractivity contribution in [2.45, 2.75) is 25.3 Å². The Morgan fingerprint density at radius 1 is 1.16 bits per heavy atom. The number of aromatic amines is 1. The van der Waals surface area contributed by atoms with Crippen LogP contribution in [0.3, 0.4) is 0 Å². The zero-order chi connectivity index (χ0) is 25.9. The molecule has 2 N–H and O–H groups in total. The molecule has 0 spiro atoms. The number of hydrogen-bond donors (Lipinski definition) is 2. The van der Waals surface area contributed by atoms with E-state index >= 15 is 0 Å². The first-order valence-corrected chi connectivity index (χ1v) is 12.5. The molecule has 4 heterocycles. The number of benzene rings is 1. The summed E-state index contributed by atoms with van der Waals surface area (Å²) in [5.41, 5.74) is 2.32. The summed E-state index contributed by atoms with van der Waals surface area (Å²) < 4.78 is 5.15. The fourth-order valence-corrected chi connectivity index (χ4v) is 5.00. The highest BCUT2D eigenvalue weighted by Crippen LogP contribution is 2.29. The topological polar surface area (TPSA) is 121 Å². The summed E-state index contributed by atoms with van der Waals surface area (Å²) in [7, 11) is 1.51. The van der Waals surface area contributed by atoms with Gasteiger partial charge in [0.15, 0.2) is 5.69 Å². The molecular formula is C26H27ClN6O4. The van der Waals surface area contributed by atoms with Crippen LogP contribution in [0.5, 0.6) is 5.88 Å². The molecule has 2 aromatic heterocycles. The lowest BCUT2D eigenvalue weighted by Gasteiger charge is -2.31. The Balaban J connectivity index is 1.15. The summed E-state index contributed by atoms with van der Waals surface area (Å²) in [6, 6.07) is 12.6. The van der Waals surface area contributed by atoms with Gasteiger partial charge in [-0.15, -0.1) is 0 Å². The number of para-hydroxylation sites is 1. The lowest BCUT2D eigenvalue weighted by molar-refractivity contribution is -0.126. The Kier molecular flexibility index (Phi) is 7.09. The first kappa shape index (κ1) is 24.8. The van der Waals surface area contributed by atoms with Crippen LogP contribution in [0.2, 0.25) is 5.02 Å². The van der Waals surface area contributed by atoms with E-state index in [4.69, 9.17) is 16.3 Å². The average Bonchev–Trinajstić information content (AvgIpc) is 3.56. The Bertz CT molecular complexity index is 1310. The zero-order valence-corrected chi connectivity index (χ0v) is 21.1. The lowest BCUT2D eigenvalue weighted by Crippen LogP contribution is -2.46. The molecule has 3 amide bonds. The smallest absolute Gasteiger partial charge is 0.274 e. The number of amides is 3. The zero-order valence-electron chi connectivity index (χ0n) is 20.3. The molecule has 192 valence electrons. The SMILES string of the molecule is COc1cc(-c2cc(C(=O)N3CCC(C(=O)NC4CC(=O)N(c5ccccc5)C4)CC3)n[nH]2)c(Cl)cn1. The fraction of sp³-hybridized carbons (Fsp3) is 0.346. The van der Waals surface area contributed by atoms with Gasteiger partial charge in [0.2, 0.25) is 17.7 Å². The molecule has 3 aromatic rings. The van der Waals surface area contributed by atoms with Crippen LogP contribution in [-0.4, -0.2) is 70.6 Å². The Labute approximate surface area is 219 Å². The number of methoxy groups -OCH3 is 1. The number of likely N-dealkylation sites (tertiary alicyclic amines) is 1. The van der Waals surface area contributed by atoms with Crippen LogP contribution in [-0.2, 0) is 9.59 Å². The first-order valence-electron chi connectivity index (χ1n) is 12.1. The van der Waals surface area contributed by atoms with E-state index in [1.165, 1.54) is 13.3 Å². The molecule has 2 aliphatic heterocycles. The minimum Gasteiger partial charge on any atom is -0.481 e. The molecule has 5 rings (SSSR count). The number of pyridine rings is 1. The molecule has 37 heavy (non-hydrogen) atoms. The van der Waals surface area contributed by atoms with E-state index in [1.54, 1.807) is 21.9 Å². The molecule has 1 unspecified atom stereocenters. The third-order valence-electron chi connectivity index (χ3n) is 6.82. The molecular weight excluding hydrogens is 496 g/mol. The van der Waals surface area contributed by atoms with Crippen LogP contribution in [0.1, 0.15) is 29.8 Å². The van der Waals surface area contributed by atoms with Crippen molar-refractivity contribution < 1.29 is 19.1 Å². The molecule has 1 aromatic carbocycles. The van der Waals surface area contributed by atoms with E-state index in [0.29, 0.717) is 54.6 Å². The van der Waals surface area contributed by atoms with Crippen LogP contribution in [0, 0.1) is 5.92 Å². The van der Waals surface area contributed by atoms with Crippen molar-refractivity contribution in [2.24, 2.45) is 5.92 Å². The van der Waals surface area contributed by atoms with Gasteiger partial charge in [0.1, 0.15) is 0 Å². The monoisotopic (exact) mass is 522 g/mol. The van der Waals surface area contributed by atoms with Gasteiger partial charge in [-0.1, -0.05) is 29.8 Å². The number of carbonyl (C=O) groups is 3. The third kappa shape index (κ3) is 5.29. The average molecular weight is 523 g/mol. The quantitative estimate of drug-likeness (QED) is 0.513. The van der Waals surface area contributed by atoms with Gasteiger partial charge in [0, 0.05) is 49.3 Å². The van der Waals surface area contributed by atoms with Crippen molar-refractivity contribution in [1.29, 1.82) is 0 Å². The van der Waals surface area contributed by atoms with Crippen molar-refractivity contribution in [2.75, 3.05) is 31.6 Å². The van der Waals surface area contributed by atoms with Gasteiger partial charge < -0.3 is 19.9 Å². The number of hydrogen-bond acceptors (Lipinski definition) is 6. The van der Waals surface area contributed by atoms with Crippen molar-refractivity contribution in [3.63, 3.8) is 0 Å².